The van der Waals surface area contributed by atoms with Gasteiger partial charge in [0.1, 0.15) is 0 Å². The first-order chi connectivity index (χ1) is 7.66. The largest absolute Gasteiger partial charge is 0.398 e. The Kier molecular flexibility index (Phi) is 3.05. The number of halogens is 1. The number of hydrogen-bond donors (Lipinski definition) is 1. The summed E-state index contributed by atoms with van der Waals surface area (Å²) < 4.78 is 2.39. The molecular formula is C11H10BrN3O. The summed E-state index contributed by atoms with van der Waals surface area (Å²) in [6, 6.07) is 7.05. The van der Waals surface area contributed by atoms with Crippen LogP contribution < -0.4 is 11.3 Å². The Balaban J connectivity index is 2.31. The summed E-state index contributed by atoms with van der Waals surface area (Å²) in [6.07, 6.45) is 3.00. The zero-order valence-corrected chi connectivity index (χ0v) is 10.0. The number of benzene rings is 1. The van der Waals surface area contributed by atoms with Gasteiger partial charge in [-0.1, -0.05) is 6.07 Å². The van der Waals surface area contributed by atoms with Gasteiger partial charge in [0.05, 0.1) is 12.9 Å². The molecule has 2 rings (SSSR count). The van der Waals surface area contributed by atoms with Crippen LogP contribution >= 0.6 is 15.9 Å². The minimum atomic E-state index is -0.0727. The van der Waals surface area contributed by atoms with Crippen molar-refractivity contribution in [2.75, 3.05) is 5.73 Å². The van der Waals surface area contributed by atoms with Gasteiger partial charge in [0, 0.05) is 22.4 Å². The molecule has 2 aromatic rings. The first-order valence-electron chi connectivity index (χ1n) is 4.71. The fourth-order valence-electron chi connectivity index (χ4n) is 1.39. The molecule has 0 aliphatic carbocycles. The Labute approximate surface area is 101 Å². The zero-order chi connectivity index (χ0) is 11.5. The Bertz CT molecular complexity index is 565. The average molecular weight is 280 g/mol. The van der Waals surface area contributed by atoms with Gasteiger partial charge in [-0.3, -0.25) is 9.36 Å². The predicted molar refractivity (Wildman–Crippen MR) is 66.2 cm³/mol. The highest BCUT2D eigenvalue weighted by Gasteiger charge is 2.00. The lowest BCUT2D eigenvalue weighted by molar-refractivity contribution is 0.736. The first kappa shape index (κ1) is 10.9. The number of nitrogen functional groups attached to an aromatic ring is 1. The van der Waals surface area contributed by atoms with Crippen LogP contribution in [0.2, 0.25) is 0 Å². The van der Waals surface area contributed by atoms with E-state index in [4.69, 9.17) is 5.73 Å². The standard InChI is InChI=1S/C11H10BrN3O/c12-9-2-1-8(5-10(9)13)6-15-7-14-4-3-11(15)16/h1-5,7H,6,13H2. The normalized spacial score (nSPS) is 10.3. The van der Waals surface area contributed by atoms with E-state index in [1.165, 1.54) is 23.2 Å². The van der Waals surface area contributed by atoms with Crippen molar-refractivity contribution >= 4 is 21.6 Å². The predicted octanol–water partition coefficient (Wildman–Crippen LogP) is 1.64. The van der Waals surface area contributed by atoms with Gasteiger partial charge in [0.2, 0.25) is 0 Å². The van der Waals surface area contributed by atoms with Crippen molar-refractivity contribution in [1.29, 1.82) is 0 Å². The molecule has 0 saturated carbocycles. The number of rotatable bonds is 2. The maximum absolute atomic E-state index is 11.5. The molecule has 5 heteroatoms. The van der Waals surface area contributed by atoms with Crippen molar-refractivity contribution in [3.05, 3.63) is 57.2 Å². The van der Waals surface area contributed by atoms with Crippen molar-refractivity contribution in [3.8, 4) is 0 Å². The van der Waals surface area contributed by atoms with E-state index in [0.717, 1.165) is 10.0 Å². The fourth-order valence-corrected chi connectivity index (χ4v) is 1.63. The van der Waals surface area contributed by atoms with E-state index >= 15 is 0 Å². The Hall–Kier alpha value is -1.62. The van der Waals surface area contributed by atoms with Gasteiger partial charge in [-0.2, -0.15) is 0 Å². The van der Waals surface area contributed by atoms with Crippen LogP contribution in [0.15, 0.2) is 46.1 Å². The molecule has 16 heavy (non-hydrogen) atoms. The van der Waals surface area contributed by atoms with Gasteiger partial charge < -0.3 is 5.73 Å². The summed E-state index contributed by atoms with van der Waals surface area (Å²) in [7, 11) is 0. The maximum atomic E-state index is 11.5. The third-order valence-electron chi connectivity index (χ3n) is 2.21. The highest BCUT2D eigenvalue weighted by molar-refractivity contribution is 9.10. The molecule has 1 heterocycles. The van der Waals surface area contributed by atoms with Crippen molar-refractivity contribution in [2.24, 2.45) is 0 Å². The molecule has 0 amide bonds. The third-order valence-corrected chi connectivity index (χ3v) is 2.93. The van der Waals surface area contributed by atoms with E-state index in [9.17, 15) is 4.79 Å². The van der Waals surface area contributed by atoms with E-state index in [0.29, 0.717) is 12.2 Å². The smallest absolute Gasteiger partial charge is 0.253 e. The lowest BCUT2D eigenvalue weighted by Crippen LogP contribution is -2.19. The molecule has 0 aliphatic rings. The molecule has 0 atom stereocenters. The van der Waals surface area contributed by atoms with Crippen molar-refractivity contribution in [3.63, 3.8) is 0 Å². The third kappa shape index (κ3) is 2.30. The maximum Gasteiger partial charge on any atom is 0.253 e. The highest BCUT2D eigenvalue weighted by atomic mass is 79.9. The summed E-state index contributed by atoms with van der Waals surface area (Å²) >= 11 is 3.32. The van der Waals surface area contributed by atoms with E-state index in [1.54, 1.807) is 0 Å². The topological polar surface area (TPSA) is 60.9 Å². The van der Waals surface area contributed by atoms with E-state index in [1.807, 2.05) is 18.2 Å². The van der Waals surface area contributed by atoms with Gasteiger partial charge in [0.25, 0.3) is 5.56 Å². The fraction of sp³-hybridized carbons (Fsp3) is 0.0909. The van der Waals surface area contributed by atoms with Gasteiger partial charge >= 0.3 is 0 Å². The zero-order valence-electron chi connectivity index (χ0n) is 8.43. The van der Waals surface area contributed by atoms with Gasteiger partial charge in [-0.15, -0.1) is 0 Å². The molecule has 82 valence electrons. The summed E-state index contributed by atoms with van der Waals surface area (Å²) in [5.74, 6) is 0. The van der Waals surface area contributed by atoms with Crippen molar-refractivity contribution < 1.29 is 0 Å². The second-order valence-corrected chi connectivity index (χ2v) is 4.26. The van der Waals surface area contributed by atoms with E-state index in [2.05, 4.69) is 20.9 Å². The molecule has 0 fully saturated rings. The van der Waals surface area contributed by atoms with Gasteiger partial charge in [0.15, 0.2) is 0 Å². The van der Waals surface area contributed by atoms with Crippen LogP contribution in [0.1, 0.15) is 5.56 Å². The summed E-state index contributed by atoms with van der Waals surface area (Å²) in [5, 5.41) is 0. The van der Waals surface area contributed by atoms with Crippen LogP contribution in [0.5, 0.6) is 0 Å². The molecule has 0 spiro atoms. The minimum absolute atomic E-state index is 0.0727. The molecule has 0 radical (unpaired) electrons. The summed E-state index contributed by atoms with van der Waals surface area (Å²) in [5.41, 5.74) is 7.32. The molecule has 0 saturated heterocycles. The highest BCUT2D eigenvalue weighted by Crippen LogP contribution is 2.20. The van der Waals surface area contributed by atoms with Crippen LogP contribution in [0.4, 0.5) is 5.69 Å². The molecule has 1 aromatic heterocycles. The molecular weight excluding hydrogens is 270 g/mol. The van der Waals surface area contributed by atoms with Crippen LogP contribution in [0.3, 0.4) is 0 Å². The average Bonchev–Trinajstić information content (AvgIpc) is 2.27. The molecule has 0 unspecified atom stereocenters. The lowest BCUT2D eigenvalue weighted by atomic mass is 10.2. The number of nitrogens with zero attached hydrogens (tertiary/aromatic N) is 2. The number of anilines is 1. The molecule has 4 nitrogen and oxygen atoms in total. The second kappa shape index (κ2) is 4.49. The van der Waals surface area contributed by atoms with Crippen molar-refractivity contribution in [1.82, 2.24) is 9.55 Å². The van der Waals surface area contributed by atoms with Gasteiger partial charge in [-0.25, -0.2) is 4.98 Å². The van der Waals surface area contributed by atoms with Crippen molar-refractivity contribution in [2.45, 2.75) is 6.54 Å². The first-order valence-corrected chi connectivity index (χ1v) is 5.50. The lowest BCUT2D eigenvalue weighted by Gasteiger charge is -2.06. The van der Waals surface area contributed by atoms with Crippen LogP contribution in [0.25, 0.3) is 0 Å². The molecule has 0 aliphatic heterocycles. The molecule has 1 aromatic carbocycles. The molecule has 0 bridgehead atoms. The SMILES string of the molecule is Nc1cc(Cn2cnccc2=O)ccc1Br. The summed E-state index contributed by atoms with van der Waals surface area (Å²) in [6.45, 7) is 0.476. The van der Waals surface area contributed by atoms with Crippen LogP contribution in [0, 0.1) is 0 Å². The number of hydrogen-bond acceptors (Lipinski definition) is 3. The summed E-state index contributed by atoms with van der Waals surface area (Å²) in [4.78, 5) is 15.4. The second-order valence-electron chi connectivity index (χ2n) is 3.40. The Morgan fingerprint density at radius 1 is 1.38 bits per heavy atom. The quantitative estimate of drug-likeness (QED) is 0.851. The minimum Gasteiger partial charge on any atom is -0.398 e. The van der Waals surface area contributed by atoms with Crippen LogP contribution in [-0.4, -0.2) is 9.55 Å². The van der Waals surface area contributed by atoms with Crippen LogP contribution in [-0.2, 0) is 6.54 Å². The van der Waals surface area contributed by atoms with Gasteiger partial charge in [-0.05, 0) is 33.6 Å². The number of aromatic nitrogens is 2. The molecule has 2 N–H and O–H groups in total. The monoisotopic (exact) mass is 279 g/mol. The van der Waals surface area contributed by atoms with E-state index < -0.39 is 0 Å². The Morgan fingerprint density at radius 3 is 2.88 bits per heavy atom. The Morgan fingerprint density at radius 2 is 2.19 bits per heavy atom. The number of nitrogens with two attached hydrogens (primary N) is 1. The van der Waals surface area contributed by atoms with E-state index in [-0.39, 0.29) is 5.56 Å².